The number of aromatic amines is 1. The Labute approximate surface area is 198 Å². The lowest BCUT2D eigenvalue weighted by Gasteiger charge is -2.11. The van der Waals surface area contributed by atoms with Gasteiger partial charge in [0.05, 0.1) is 11.1 Å². The molecule has 0 saturated carbocycles. The standard InChI is InChI=1S/C18H15FN4O.C7H6F3N/c1-9-7-21-17(23-9)13-5-4-11(14-8-22-18(24)16(13)14)12-3-2-10(20)6-15(12)19;8-7(9,10)5-2-1-3-6(11)4-5/h2-7H,8,20H2,1H3,(H,21,23)(H,22,24);1-4H,11H2. The van der Waals surface area contributed by atoms with Crippen molar-refractivity contribution in [1.82, 2.24) is 15.3 Å². The van der Waals surface area contributed by atoms with Gasteiger partial charge in [-0.3, -0.25) is 4.79 Å². The van der Waals surface area contributed by atoms with E-state index in [1.54, 1.807) is 24.4 Å². The Bertz CT molecular complexity index is 1410. The first-order valence-corrected chi connectivity index (χ1v) is 10.5. The summed E-state index contributed by atoms with van der Waals surface area (Å²) in [5.41, 5.74) is 14.6. The average Bonchev–Trinajstić information content (AvgIpc) is 3.40. The van der Waals surface area contributed by atoms with Gasteiger partial charge in [-0.25, -0.2) is 9.37 Å². The monoisotopic (exact) mass is 483 g/mol. The number of carbonyl (C=O) groups excluding carboxylic acids is 1. The number of alkyl halides is 3. The third-order valence-corrected chi connectivity index (χ3v) is 5.42. The molecule has 1 aliphatic heterocycles. The highest BCUT2D eigenvalue weighted by Crippen LogP contribution is 2.36. The van der Waals surface area contributed by atoms with Gasteiger partial charge in [-0.15, -0.1) is 0 Å². The first-order chi connectivity index (χ1) is 16.5. The van der Waals surface area contributed by atoms with Gasteiger partial charge in [0, 0.05) is 40.9 Å². The number of rotatable bonds is 2. The topological polar surface area (TPSA) is 110 Å². The Kier molecular flexibility index (Phi) is 6.21. The summed E-state index contributed by atoms with van der Waals surface area (Å²) in [7, 11) is 0. The summed E-state index contributed by atoms with van der Waals surface area (Å²) in [5.74, 6) is 0.0510. The fourth-order valence-corrected chi connectivity index (χ4v) is 3.81. The number of halogens is 4. The predicted octanol–water partition coefficient (Wildman–Crippen LogP) is 5.30. The summed E-state index contributed by atoms with van der Waals surface area (Å²) in [5, 5.41) is 2.82. The van der Waals surface area contributed by atoms with Crippen LogP contribution in [0.4, 0.5) is 28.9 Å². The van der Waals surface area contributed by atoms with E-state index in [0.29, 0.717) is 40.3 Å². The number of amides is 1. The second-order valence-electron chi connectivity index (χ2n) is 7.97. The zero-order valence-corrected chi connectivity index (χ0v) is 18.5. The molecule has 0 saturated heterocycles. The zero-order valence-electron chi connectivity index (χ0n) is 18.5. The van der Waals surface area contributed by atoms with Gasteiger partial charge in [0.25, 0.3) is 5.91 Å². The number of imidazole rings is 1. The third kappa shape index (κ3) is 4.96. The number of anilines is 2. The van der Waals surface area contributed by atoms with Gasteiger partial charge in [-0.1, -0.05) is 12.1 Å². The highest BCUT2D eigenvalue weighted by atomic mass is 19.4. The number of nitrogens with one attached hydrogen (secondary N) is 2. The van der Waals surface area contributed by atoms with Crippen LogP contribution >= 0.6 is 0 Å². The maximum absolute atomic E-state index is 14.3. The summed E-state index contributed by atoms with van der Waals surface area (Å²) in [6.45, 7) is 2.26. The molecule has 0 spiro atoms. The van der Waals surface area contributed by atoms with Crippen LogP contribution in [0.15, 0.2) is 60.8 Å². The molecule has 0 atom stereocenters. The molecule has 1 aromatic heterocycles. The van der Waals surface area contributed by atoms with Crippen LogP contribution in [0.2, 0.25) is 0 Å². The Balaban J connectivity index is 0.000000221. The number of aromatic nitrogens is 2. The summed E-state index contributed by atoms with van der Waals surface area (Å²) < 4.78 is 50.1. The van der Waals surface area contributed by atoms with Crippen LogP contribution in [0.3, 0.4) is 0 Å². The Morgan fingerprint density at radius 2 is 1.63 bits per heavy atom. The van der Waals surface area contributed by atoms with Gasteiger partial charge in [-0.05, 0) is 60.5 Å². The number of nitrogen functional groups attached to an aromatic ring is 2. The number of nitrogens with zero attached hydrogens (tertiary/aromatic N) is 1. The van der Waals surface area contributed by atoms with E-state index in [4.69, 9.17) is 11.5 Å². The molecule has 0 aliphatic carbocycles. The lowest BCUT2D eigenvalue weighted by atomic mass is 9.92. The lowest BCUT2D eigenvalue weighted by molar-refractivity contribution is -0.137. The summed E-state index contributed by atoms with van der Waals surface area (Å²) in [4.78, 5) is 19.8. The van der Waals surface area contributed by atoms with Crippen LogP contribution in [0, 0.1) is 12.7 Å². The highest BCUT2D eigenvalue weighted by Gasteiger charge is 2.30. The van der Waals surface area contributed by atoms with Crippen molar-refractivity contribution < 1.29 is 22.4 Å². The van der Waals surface area contributed by atoms with E-state index in [1.807, 2.05) is 13.0 Å². The van der Waals surface area contributed by atoms with Crippen LogP contribution < -0.4 is 16.8 Å². The number of H-pyrrole nitrogens is 1. The van der Waals surface area contributed by atoms with Gasteiger partial charge in [0.2, 0.25) is 0 Å². The molecule has 1 aliphatic rings. The first-order valence-electron chi connectivity index (χ1n) is 10.5. The molecule has 10 heteroatoms. The number of nitrogens with two attached hydrogens (primary N) is 2. The fraction of sp³-hybridized carbons (Fsp3) is 0.120. The lowest BCUT2D eigenvalue weighted by Crippen LogP contribution is -2.13. The van der Waals surface area contributed by atoms with Crippen molar-refractivity contribution in [3.05, 3.63) is 89.0 Å². The van der Waals surface area contributed by atoms with Gasteiger partial charge >= 0.3 is 6.18 Å². The molecule has 2 heterocycles. The molecule has 5 rings (SSSR count). The van der Waals surface area contributed by atoms with Crippen molar-refractivity contribution in [2.45, 2.75) is 19.6 Å². The number of aryl methyl sites for hydroxylation is 1. The molecule has 6 nitrogen and oxygen atoms in total. The average molecular weight is 483 g/mol. The van der Waals surface area contributed by atoms with Crippen molar-refractivity contribution in [3.63, 3.8) is 0 Å². The second-order valence-corrected chi connectivity index (χ2v) is 7.97. The van der Waals surface area contributed by atoms with Crippen LogP contribution in [0.5, 0.6) is 0 Å². The zero-order chi connectivity index (χ0) is 25.3. The minimum atomic E-state index is -4.30. The van der Waals surface area contributed by atoms with Crippen molar-refractivity contribution in [2.75, 3.05) is 11.5 Å². The van der Waals surface area contributed by atoms with Crippen LogP contribution in [0.25, 0.3) is 22.5 Å². The van der Waals surface area contributed by atoms with E-state index in [0.717, 1.165) is 23.4 Å². The van der Waals surface area contributed by atoms with E-state index >= 15 is 0 Å². The molecular weight excluding hydrogens is 462 g/mol. The SMILES string of the molecule is Cc1cnc(-c2ccc(-c3ccc(N)cc3F)c3c2C(=O)NC3)[nH]1.Nc1cccc(C(F)(F)F)c1. The highest BCUT2D eigenvalue weighted by molar-refractivity contribution is 6.06. The van der Waals surface area contributed by atoms with Crippen LogP contribution in [-0.2, 0) is 12.7 Å². The molecule has 0 fully saturated rings. The number of hydrogen-bond donors (Lipinski definition) is 4. The summed E-state index contributed by atoms with van der Waals surface area (Å²) in [6.07, 6.45) is -2.59. The van der Waals surface area contributed by atoms with Crippen LogP contribution in [0.1, 0.15) is 27.2 Å². The summed E-state index contributed by atoms with van der Waals surface area (Å²) in [6, 6.07) is 12.8. The maximum atomic E-state index is 14.3. The Hall–Kier alpha value is -4.34. The summed E-state index contributed by atoms with van der Waals surface area (Å²) >= 11 is 0. The van der Waals surface area contributed by atoms with E-state index in [1.165, 1.54) is 18.2 Å². The van der Waals surface area contributed by atoms with Gasteiger partial charge in [0.1, 0.15) is 11.6 Å². The molecule has 3 aromatic carbocycles. The normalized spacial score (nSPS) is 12.5. The minimum Gasteiger partial charge on any atom is -0.399 e. The molecular formula is C25H21F4N5O. The predicted molar refractivity (Wildman–Crippen MR) is 126 cm³/mol. The molecule has 0 radical (unpaired) electrons. The Morgan fingerprint density at radius 1 is 0.943 bits per heavy atom. The van der Waals surface area contributed by atoms with Crippen LogP contribution in [-0.4, -0.2) is 15.9 Å². The molecule has 180 valence electrons. The largest absolute Gasteiger partial charge is 0.416 e. The van der Waals surface area contributed by atoms with Gasteiger partial charge < -0.3 is 21.8 Å². The molecule has 0 bridgehead atoms. The fourth-order valence-electron chi connectivity index (χ4n) is 3.81. The molecule has 1 amide bonds. The minimum absolute atomic E-state index is 0.125. The van der Waals surface area contributed by atoms with E-state index in [9.17, 15) is 22.4 Å². The van der Waals surface area contributed by atoms with Crippen molar-refractivity contribution in [1.29, 1.82) is 0 Å². The quantitative estimate of drug-likeness (QED) is 0.229. The van der Waals surface area contributed by atoms with Crippen molar-refractivity contribution >= 4 is 17.3 Å². The van der Waals surface area contributed by atoms with Crippen molar-refractivity contribution in [2.24, 2.45) is 0 Å². The first kappa shape index (κ1) is 23.8. The number of hydrogen-bond acceptors (Lipinski definition) is 4. The van der Waals surface area contributed by atoms with E-state index in [2.05, 4.69) is 15.3 Å². The van der Waals surface area contributed by atoms with E-state index < -0.39 is 17.6 Å². The Morgan fingerprint density at radius 3 is 2.23 bits per heavy atom. The number of benzene rings is 3. The second kappa shape index (κ2) is 9.13. The molecule has 6 N–H and O–H groups in total. The van der Waals surface area contributed by atoms with Gasteiger partial charge in [0.15, 0.2) is 0 Å². The maximum Gasteiger partial charge on any atom is 0.416 e. The number of fused-ring (bicyclic) bond motifs is 1. The number of carbonyl (C=O) groups is 1. The van der Waals surface area contributed by atoms with Gasteiger partial charge in [-0.2, -0.15) is 13.2 Å². The molecule has 0 unspecified atom stereocenters. The van der Waals surface area contributed by atoms with Crippen molar-refractivity contribution in [3.8, 4) is 22.5 Å². The van der Waals surface area contributed by atoms with E-state index in [-0.39, 0.29) is 11.6 Å². The smallest absolute Gasteiger partial charge is 0.399 e. The molecule has 35 heavy (non-hydrogen) atoms. The molecule has 4 aromatic rings. The third-order valence-electron chi connectivity index (χ3n) is 5.42.